The Hall–Kier alpha value is -0.0400. The van der Waals surface area contributed by atoms with Gasteiger partial charge in [0.15, 0.2) is 0 Å². The number of quaternary nitrogens is 1. The van der Waals surface area contributed by atoms with Crippen LogP contribution in [0.1, 0.15) is 220 Å². The van der Waals surface area contributed by atoms with Gasteiger partial charge in [-0.05, 0) is 39.5 Å². The molecule has 0 aromatic heterocycles. The standard InChI is InChI=1S/C38H80N/c1-6-8-10-12-14-16-18-20-22-23-25-27-29-31-33-35-37-39(5,38(3)4)36-34-32-30-28-26-24-21-19-17-15-13-11-9-7-2/h38H,6-37H2,1-5H3/q+1. The zero-order chi connectivity index (χ0) is 28.7. The summed E-state index contributed by atoms with van der Waals surface area (Å²) >= 11 is 0. The normalized spacial score (nSPS) is 13.4. The van der Waals surface area contributed by atoms with Gasteiger partial charge in [0, 0.05) is 0 Å². The Kier molecular flexibility index (Phi) is 30.9. The van der Waals surface area contributed by atoms with Gasteiger partial charge in [-0.15, -0.1) is 0 Å². The van der Waals surface area contributed by atoms with Gasteiger partial charge in [-0.3, -0.25) is 0 Å². The molecule has 1 heteroatoms. The second kappa shape index (κ2) is 30.9. The van der Waals surface area contributed by atoms with E-state index in [1.807, 2.05) is 0 Å². The molecule has 0 fully saturated rings. The molecule has 0 rings (SSSR count). The van der Waals surface area contributed by atoms with E-state index in [0.29, 0.717) is 0 Å². The minimum atomic E-state index is 0.767. The van der Waals surface area contributed by atoms with Gasteiger partial charge in [0.2, 0.25) is 0 Å². The topological polar surface area (TPSA) is 0 Å². The molecule has 0 radical (unpaired) electrons. The molecule has 0 heterocycles. The fraction of sp³-hybridized carbons (Fsp3) is 1.00. The minimum Gasteiger partial charge on any atom is -0.324 e. The number of unbranched alkanes of at least 4 members (excludes halogenated alkanes) is 28. The highest BCUT2D eigenvalue weighted by Gasteiger charge is 2.24. The first-order valence-electron chi connectivity index (χ1n) is 18.9. The van der Waals surface area contributed by atoms with Gasteiger partial charge in [-0.25, -0.2) is 0 Å². The first-order chi connectivity index (χ1) is 19.1. The Morgan fingerprint density at radius 1 is 0.308 bits per heavy atom. The highest BCUT2D eigenvalue weighted by atomic mass is 15.3. The van der Waals surface area contributed by atoms with E-state index < -0.39 is 0 Å². The summed E-state index contributed by atoms with van der Waals surface area (Å²) in [5, 5.41) is 0. The van der Waals surface area contributed by atoms with Crippen LogP contribution in [0.4, 0.5) is 0 Å². The Morgan fingerprint density at radius 2 is 0.487 bits per heavy atom. The Morgan fingerprint density at radius 3 is 0.667 bits per heavy atom. The summed E-state index contributed by atoms with van der Waals surface area (Å²) in [7, 11) is 2.54. The first-order valence-corrected chi connectivity index (χ1v) is 18.9. The third-order valence-corrected chi connectivity index (χ3v) is 9.79. The molecule has 0 saturated carbocycles. The van der Waals surface area contributed by atoms with Crippen LogP contribution in [-0.4, -0.2) is 30.7 Å². The molecule has 0 aliphatic carbocycles. The summed E-state index contributed by atoms with van der Waals surface area (Å²) < 4.78 is 1.30. The minimum absolute atomic E-state index is 0.767. The Bertz CT molecular complexity index is 444. The second-order valence-corrected chi connectivity index (χ2v) is 13.9. The van der Waals surface area contributed by atoms with E-state index in [1.54, 1.807) is 0 Å². The van der Waals surface area contributed by atoms with Gasteiger partial charge in [0.1, 0.15) is 0 Å². The average molecular weight is 551 g/mol. The van der Waals surface area contributed by atoms with E-state index in [2.05, 4.69) is 34.7 Å². The van der Waals surface area contributed by atoms with Gasteiger partial charge in [0.25, 0.3) is 0 Å². The number of hydrogen-bond donors (Lipinski definition) is 0. The highest BCUT2D eigenvalue weighted by molar-refractivity contribution is 4.54. The molecule has 0 aliphatic rings. The molecule has 39 heavy (non-hydrogen) atoms. The smallest absolute Gasteiger partial charge is 0.0831 e. The predicted octanol–water partition coefficient (Wildman–Crippen LogP) is 13.6. The number of rotatable bonds is 33. The summed E-state index contributed by atoms with van der Waals surface area (Å²) in [6, 6.07) is 0.767. The quantitative estimate of drug-likeness (QED) is 0.0563. The van der Waals surface area contributed by atoms with E-state index in [9.17, 15) is 0 Å². The molecule has 0 saturated heterocycles. The van der Waals surface area contributed by atoms with Crippen LogP contribution < -0.4 is 0 Å². The third kappa shape index (κ3) is 27.9. The van der Waals surface area contributed by atoms with Crippen molar-refractivity contribution in [3.05, 3.63) is 0 Å². The van der Waals surface area contributed by atoms with Crippen LogP contribution in [0.2, 0.25) is 0 Å². The second-order valence-electron chi connectivity index (χ2n) is 13.9. The van der Waals surface area contributed by atoms with Gasteiger partial charge in [-0.1, -0.05) is 181 Å². The van der Waals surface area contributed by atoms with Crippen molar-refractivity contribution in [3.63, 3.8) is 0 Å². The van der Waals surface area contributed by atoms with E-state index in [4.69, 9.17) is 0 Å². The van der Waals surface area contributed by atoms with Gasteiger partial charge < -0.3 is 4.48 Å². The van der Waals surface area contributed by atoms with E-state index in [0.717, 1.165) is 6.04 Å². The Balaban J connectivity index is 3.52. The van der Waals surface area contributed by atoms with E-state index in [1.165, 1.54) is 210 Å². The van der Waals surface area contributed by atoms with Gasteiger partial charge >= 0.3 is 0 Å². The van der Waals surface area contributed by atoms with Crippen molar-refractivity contribution in [1.29, 1.82) is 0 Å². The Labute approximate surface area is 250 Å². The molecule has 0 N–H and O–H groups in total. The third-order valence-electron chi connectivity index (χ3n) is 9.79. The number of nitrogens with zero attached hydrogens (tertiary/aromatic N) is 1. The van der Waals surface area contributed by atoms with Gasteiger partial charge in [0.05, 0.1) is 26.2 Å². The number of hydrogen-bond acceptors (Lipinski definition) is 0. The monoisotopic (exact) mass is 551 g/mol. The lowest BCUT2D eigenvalue weighted by Crippen LogP contribution is -2.50. The first kappa shape index (κ1) is 39.0. The molecule has 1 unspecified atom stereocenters. The molecular weight excluding hydrogens is 470 g/mol. The molecule has 236 valence electrons. The van der Waals surface area contributed by atoms with Crippen molar-refractivity contribution in [2.24, 2.45) is 0 Å². The highest BCUT2D eigenvalue weighted by Crippen LogP contribution is 2.19. The van der Waals surface area contributed by atoms with Crippen molar-refractivity contribution >= 4 is 0 Å². The fourth-order valence-electron chi connectivity index (χ4n) is 6.32. The average Bonchev–Trinajstić information content (AvgIpc) is 2.93. The summed E-state index contributed by atoms with van der Waals surface area (Å²) in [5.74, 6) is 0. The largest absolute Gasteiger partial charge is 0.324 e. The molecule has 0 spiro atoms. The maximum atomic E-state index is 2.54. The van der Waals surface area contributed by atoms with Crippen LogP contribution in [0, 0.1) is 0 Å². The van der Waals surface area contributed by atoms with Crippen molar-refractivity contribution in [1.82, 2.24) is 0 Å². The molecule has 0 aliphatic heterocycles. The predicted molar refractivity (Wildman–Crippen MR) is 181 cm³/mol. The lowest BCUT2D eigenvalue weighted by Gasteiger charge is -2.39. The zero-order valence-electron chi connectivity index (χ0n) is 28.7. The van der Waals surface area contributed by atoms with Crippen LogP contribution in [0.3, 0.4) is 0 Å². The molecule has 0 aromatic carbocycles. The molecule has 1 nitrogen and oxygen atoms in total. The molecular formula is C38H80N+. The van der Waals surface area contributed by atoms with Crippen LogP contribution >= 0.6 is 0 Å². The van der Waals surface area contributed by atoms with Crippen molar-refractivity contribution in [3.8, 4) is 0 Å². The summed E-state index contributed by atoms with van der Waals surface area (Å²) in [4.78, 5) is 0. The van der Waals surface area contributed by atoms with Gasteiger partial charge in [-0.2, -0.15) is 0 Å². The fourth-order valence-corrected chi connectivity index (χ4v) is 6.32. The van der Waals surface area contributed by atoms with Crippen molar-refractivity contribution < 1.29 is 4.48 Å². The summed E-state index contributed by atoms with van der Waals surface area (Å²) in [6.45, 7) is 12.3. The maximum Gasteiger partial charge on any atom is 0.0831 e. The molecule has 0 aromatic rings. The SMILES string of the molecule is CCCCCCCCCCCCCCCCCC[N+](C)(CCCCCCCCCCCCCCCC)C(C)C. The van der Waals surface area contributed by atoms with Crippen LogP contribution in [0.15, 0.2) is 0 Å². The maximum absolute atomic E-state index is 2.54. The lowest BCUT2D eigenvalue weighted by molar-refractivity contribution is -0.930. The van der Waals surface area contributed by atoms with Crippen molar-refractivity contribution in [2.45, 2.75) is 226 Å². The van der Waals surface area contributed by atoms with Crippen LogP contribution in [-0.2, 0) is 0 Å². The summed E-state index contributed by atoms with van der Waals surface area (Å²) in [6.07, 6.45) is 43.9. The van der Waals surface area contributed by atoms with Crippen LogP contribution in [0.25, 0.3) is 0 Å². The van der Waals surface area contributed by atoms with E-state index in [-0.39, 0.29) is 0 Å². The molecule has 0 bridgehead atoms. The molecule has 0 amide bonds. The van der Waals surface area contributed by atoms with E-state index >= 15 is 0 Å². The molecule has 1 atom stereocenters. The zero-order valence-corrected chi connectivity index (χ0v) is 28.7. The lowest BCUT2D eigenvalue weighted by atomic mass is 10.0. The summed E-state index contributed by atoms with van der Waals surface area (Å²) in [5.41, 5.74) is 0. The van der Waals surface area contributed by atoms with Crippen molar-refractivity contribution in [2.75, 3.05) is 20.1 Å². The van der Waals surface area contributed by atoms with Crippen LogP contribution in [0.5, 0.6) is 0 Å².